The van der Waals surface area contributed by atoms with Gasteiger partial charge in [-0.15, -0.1) is 0 Å². The van der Waals surface area contributed by atoms with Crippen LogP contribution in [0.3, 0.4) is 0 Å². The fourth-order valence-corrected chi connectivity index (χ4v) is 2.21. The molecule has 2 aromatic heterocycles. The van der Waals surface area contributed by atoms with Gasteiger partial charge in [-0.05, 0) is 25.5 Å². The Bertz CT molecular complexity index is 727. The Morgan fingerprint density at radius 2 is 2.00 bits per heavy atom. The Morgan fingerprint density at radius 1 is 1.16 bits per heavy atom. The summed E-state index contributed by atoms with van der Waals surface area (Å²) >= 11 is 0. The van der Waals surface area contributed by atoms with Gasteiger partial charge in [0.25, 0.3) is 0 Å². The summed E-state index contributed by atoms with van der Waals surface area (Å²) in [5.41, 5.74) is 10.9. The standard InChI is InChI=1S/C14H15N5/c1-9-4-3-5-12-13(9)19(14(15)18-12)8-11-7-16-10(2)6-17-11/h3-7H,8H2,1-2H3,(H2,15,18). The molecule has 3 rings (SSSR count). The summed E-state index contributed by atoms with van der Waals surface area (Å²) in [5.74, 6) is 0.506. The molecule has 5 heteroatoms. The summed E-state index contributed by atoms with van der Waals surface area (Å²) in [5, 5.41) is 0. The molecule has 0 saturated carbocycles. The molecule has 0 saturated heterocycles. The van der Waals surface area contributed by atoms with Crippen molar-refractivity contribution >= 4 is 17.0 Å². The molecule has 1 aromatic carbocycles. The number of anilines is 1. The fraction of sp³-hybridized carbons (Fsp3) is 0.214. The van der Waals surface area contributed by atoms with Crippen LogP contribution in [0.1, 0.15) is 17.0 Å². The van der Waals surface area contributed by atoms with E-state index in [1.54, 1.807) is 12.4 Å². The van der Waals surface area contributed by atoms with Crippen LogP contribution < -0.4 is 5.73 Å². The van der Waals surface area contributed by atoms with Gasteiger partial charge in [0.2, 0.25) is 5.95 Å². The van der Waals surface area contributed by atoms with Crippen LogP contribution in [0.5, 0.6) is 0 Å². The summed E-state index contributed by atoms with van der Waals surface area (Å²) in [6.45, 7) is 4.56. The van der Waals surface area contributed by atoms with Gasteiger partial charge >= 0.3 is 0 Å². The van der Waals surface area contributed by atoms with E-state index in [1.165, 1.54) is 0 Å². The van der Waals surface area contributed by atoms with Crippen molar-refractivity contribution in [1.82, 2.24) is 19.5 Å². The van der Waals surface area contributed by atoms with Gasteiger partial charge in [0.15, 0.2) is 0 Å². The minimum atomic E-state index is 0.506. The number of hydrogen-bond acceptors (Lipinski definition) is 4. The number of imidazole rings is 1. The maximum atomic E-state index is 6.00. The number of para-hydroxylation sites is 1. The SMILES string of the molecule is Cc1cnc(Cn2c(N)nc3cccc(C)c32)cn1. The van der Waals surface area contributed by atoms with Crippen molar-refractivity contribution in [3.63, 3.8) is 0 Å². The van der Waals surface area contributed by atoms with E-state index >= 15 is 0 Å². The van der Waals surface area contributed by atoms with Crippen LogP contribution >= 0.6 is 0 Å². The lowest BCUT2D eigenvalue weighted by atomic mass is 10.2. The monoisotopic (exact) mass is 253 g/mol. The highest BCUT2D eigenvalue weighted by atomic mass is 15.2. The van der Waals surface area contributed by atoms with Gasteiger partial charge in [0.05, 0.1) is 35.2 Å². The highest BCUT2D eigenvalue weighted by molar-refractivity contribution is 5.81. The van der Waals surface area contributed by atoms with Gasteiger partial charge in [-0.2, -0.15) is 0 Å². The van der Waals surface area contributed by atoms with Crippen molar-refractivity contribution < 1.29 is 0 Å². The van der Waals surface area contributed by atoms with Crippen LogP contribution in [0.25, 0.3) is 11.0 Å². The average molecular weight is 253 g/mol. The molecule has 3 aromatic rings. The predicted octanol–water partition coefficient (Wildman–Crippen LogP) is 2.07. The lowest BCUT2D eigenvalue weighted by Gasteiger charge is -2.07. The zero-order chi connectivity index (χ0) is 13.4. The number of nitrogens with two attached hydrogens (primary N) is 1. The molecular weight excluding hydrogens is 238 g/mol. The number of benzene rings is 1. The van der Waals surface area contributed by atoms with E-state index in [0.717, 1.165) is 28.0 Å². The molecule has 96 valence electrons. The molecule has 0 atom stereocenters. The Labute approximate surface area is 111 Å². The van der Waals surface area contributed by atoms with Crippen LogP contribution in [0.15, 0.2) is 30.6 Å². The molecular formula is C14H15N5. The zero-order valence-corrected chi connectivity index (χ0v) is 11.0. The molecule has 0 bridgehead atoms. The molecule has 0 amide bonds. The summed E-state index contributed by atoms with van der Waals surface area (Å²) in [6.07, 6.45) is 3.54. The van der Waals surface area contributed by atoms with Crippen LogP contribution in [-0.2, 0) is 6.54 Å². The minimum absolute atomic E-state index is 0.506. The third-order valence-electron chi connectivity index (χ3n) is 3.15. The lowest BCUT2D eigenvalue weighted by molar-refractivity contribution is 0.797. The van der Waals surface area contributed by atoms with Crippen molar-refractivity contribution in [1.29, 1.82) is 0 Å². The number of nitrogens with zero attached hydrogens (tertiary/aromatic N) is 4. The smallest absolute Gasteiger partial charge is 0.201 e. The van der Waals surface area contributed by atoms with E-state index in [2.05, 4.69) is 27.9 Å². The van der Waals surface area contributed by atoms with E-state index in [-0.39, 0.29) is 0 Å². The van der Waals surface area contributed by atoms with Crippen molar-refractivity contribution in [2.45, 2.75) is 20.4 Å². The summed E-state index contributed by atoms with van der Waals surface area (Å²) in [6, 6.07) is 6.01. The molecule has 2 N–H and O–H groups in total. The number of hydrogen-bond donors (Lipinski definition) is 1. The zero-order valence-electron chi connectivity index (χ0n) is 11.0. The molecule has 0 aliphatic rings. The van der Waals surface area contributed by atoms with Crippen LogP contribution in [-0.4, -0.2) is 19.5 Å². The molecule has 19 heavy (non-hydrogen) atoms. The van der Waals surface area contributed by atoms with E-state index in [4.69, 9.17) is 5.73 Å². The van der Waals surface area contributed by atoms with E-state index in [0.29, 0.717) is 12.5 Å². The largest absolute Gasteiger partial charge is 0.369 e. The first-order chi connectivity index (χ1) is 9.15. The highest BCUT2D eigenvalue weighted by Crippen LogP contribution is 2.22. The molecule has 0 aliphatic carbocycles. The second-order valence-corrected chi connectivity index (χ2v) is 4.65. The number of fused-ring (bicyclic) bond motifs is 1. The molecule has 0 spiro atoms. The topological polar surface area (TPSA) is 69.6 Å². The van der Waals surface area contributed by atoms with Gasteiger partial charge in [0, 0.05) is 6.20 Å². The second kappa shape index (κ2) is 4.35. The van der Waals surface area contributed by atoms with Gasteiger partial charge in [-0.3, -0.25) is 9.97 Å². The average Bonchev–Trinajstić information content (AvgIpc) is 2.70. The summed E-state index contributed by atoms with van der Waals surface area (Å²) in [7, 11) is 0. The molecule has 5 nitrogen and oxygen atoms in total. The normalized spacial score (nSPS) is 11.1. The fourth-order valence-electron chi connectivity index (χ4n) is 2.21. The minimum Gasteiger partial charge on any atom is -0.369 e. The maximum Gasteiger partial charge on any atom is 0.201 e. The first kappa shape index (κ1) is 11.6. The van der Waals surface area contributed by atoms with Gasteiger partial charge in [0.1, 0.15) is 0 Å². The van der Waals surface area contributed by atoms with Gasteiger partial charge < -0.3 is 10.3 Å². The summed E-state index contributed by atoms with van der Waals surface area (Å²) < 4.78 is 1.98. The maximum absolute atomic E-state index is 6.00. The quantitative estimate of drug-likeness (QED) is 0.759. The first-order valence-electron chi connectivity index (χ1n) is 6.14. The predicted molar refractivity (Wildman–Crippen MR) is 74.8 cm³/mol. The number of nitrogen functional groups attached to an aromatic ring is 1. The van der Waals surface area contributed by atoms with Crippen LogP contribution in [0.4, 0.5) is 5.95 Å². The Kier molecular flexibility index (Phi) is 2.67. The summed E-state index contributed by atoms with van der Waals surface area (Å²) in [4.78, 5) is 13.0. The van der Waals surface area contributed by atoms with Crippen molar-refractivity contribution in [3.05, 3.63) is 47.5 Å². The van der Waals surface area contributed by atoms with Crippen LogP contribution in [0, 0.1) is 13.8 Å². The molecule has 2 heterocycles. The van der Waals surface area contributed by atoms with Gasteiger partial charge in [-0.1, -0.05) is 12.1 Å². The Morgan fingerprint density at radius 3 is 2.74 bits per heavy atom. The van der Waals surface area contributed by atoms with Crippen molar-refractivity contribution in [3.8, 4) is 0 Å². The second-order valence-electron chi connectivity index (χ2n) is 4.65. The van der Waals surface area contributed by atoms with E-state index in [1.807, 2.05) is 23.6 Å². The molecule has 0 radical (unpaired) electrons. The third-order valence-corrected chi connectivity index (χ3v) is 3.15. The molecule has 0 aliphatic heterocycles. The Balaban J connectivity index is 2.09. The third kappa shape index (κ3) is 2.03. The van der Waals surface area contributed by atoms with E-state index < -0.39 is 0 Å². The molecule has 0 fully saturated rings. The number of aromatic nitrogens is 4. The number of rotatable bonds is 2. The first-order valence-corrected chi connectivity index (χ1v) is 6.14. The van der Waals surface area contributed by atoms with E-state index in [9.17, 15) is 0 Å². The van der Waals surface area contributed by atoms with Gasteiger partial charge in [-0.25, -0.2) is 4.98 Å². The Hall–Kier alpha value is -2.43. The van der Waals surface area contributed by atoms with Crippen molar-refractivity contribution in [2.24, 2.45) is 0 Å². The van der Waals surface area contributed by atoms with Crippen LogP contribution in [0.2, 0.25) is 0 Å². The lowest BCUT2D eigenvalue weighted by Crippen LogP contribution is -2.07. The number of aryl methyl sites for hydroxylation is 2. The van der Waals surface area contributed by atoms with Crippen molar-refractivity contribution in [2.75, 3.05) is 5.73 Å². The highest BCUT2D eigenvalue weighted by Gasteiger charge is 2.11. The molecule has 0 unspecified atom stereocenters.